The average molecular weight is 490 g/mol. The lowest BCUT2D eigenvalue weighted by atomic mass is 9.76. The zero-order valence-corrected chi connectivity index (χ0v) is 20.8. The Balaban J connectivity index is 1.57. The van der Waals surface area contributed by atoms with Crippen molar-refractivity contribution in [3.8, 4) is 11.5 Å². The molecule has 2 N–H and O–H groups in total. The van der Waals surface area contributed by atoms with Gasteiger partial charge in [0, 0.05) is 29.4 Å². The fourth-order valence-electron chi connectivity index (χ4n) is 4.71. The van der Waals surface area contributed by atoms with Gasteiger partial charge in [-0.1, -0.05) is 47.7 Å². The SMILES string of the molecule is COc1ccc([C@@H]2C3=C(CCCC3=O)Nc3nc(SCc4ccc(C)cc4)[nH]c(=O)c32)cc1OC. The molecule has 0 saturated carbocycles. The van der Waals surface area contributed by atoms with Gasteiger partial charge < -0.3 is 19.8 Å². The maximum Gasteiger partial charge on any atom is 0.257 e. The summed E-state index contributed by atoms with van der Waals surface area (Å²) in [5.41, 5.74) is 4.84. The summed E-state index contributed by atoms with van der Waals surface area (Å²) in [5, 5.41) is 3.87. The van der Waals surface area contributed by atoms with Gasteiger partial charge in [0.25, 0.3) is 5.56 Å². The molecule has 2 aromatic carbocycles. The highest BCUT2D eigenvalue weighted by atomic mass is 32.2. The number of hydrogen-bond acceptors (Lipinski definition) is 7. The minimum atomic E-state index is -0.527. The van der Waals surface area contributed by atoms with Crippen molar-refractivity contribution >= 4 is 23.4 Å². The molecule has 8 heteroatoms. The maximum atomic E-state index is 13.4. The van der Waals surface area contributed by atoms with Crippen molar-refractivity contribution in [1.29, 1.82) is 0 Å². The second-order valence-corrected chi connectivity index (χ2v) is 9.71. The van der Waals surface area contributed by atoms with Crippen LogP contribution in [-0.4, -0.2) is 30.0 Å². The minimum absolute atomic E-state index is 0.0569. The van der Waals surface area contributed by atoms with Crippen LogP contribution in [0.3, 0.4) is 0 Å². The van der Waals surface area contributed by atoms with Gasteiger partial charge in [-0.25, -0.2) is 4.98 Å². The Morgan fingerprint density at radius 3 is 2.54 bits per heavy atom. The first-order valence-electron chi connectivity index (χ1n) is 11.6. The lowest BCUT2D eigenvalue weighted by Gasteiger charge is -2.33. The van der Waals surface area contributed by atoms with Gasteiger partial charge in [0.1, 0.15) is 5.82 Å². The molecule has 1 atom stereocenters. The number of carbonyl (C=O) groups excluding carboxylic acids is 1. The second-order valence-electron chi connectivity index (χ2n) is 8.75. The van der Waals surface area contributed by atoms with Gasteiger partial charge in [0.15, 0.2) is 22.4 Å². The van der Waals surface area contributed by atoms with Crippen LogP contribution in [0.25, 0.3) is 0 Å². The Morgan fingerprint density at radius 2 is 1.80 bits per heavy atom. The van der Waals surface area contributed by atoms with E-state index in [-0.39, 0.29) is 11.3 Å². The zero-order valence-electron chi connectivity index (χ0n) is 19.9. The first-order valence-corrected chi connectivity index (χ1v) is 12.5. The highest BCUT2D eigenvalue weighted by Gasteiger charge is 2.38. The molecule has 0 bridgehead atoms. The third kappa shape index (κ3) is 4.46. The first kappa shape index (κ1) is 23.2. The van der Waals surface area contributed by atoms with E-state index >= 15 is 0 Å². The van der Waals surface area contributed by atoms with Crippen LogP contribution >= 0.6 is 11.8 Å². The van der Waals surface area contributed by atoms with E-state index in [2.05, 4.69) is 41.5 Å². The van der Waals surface area contributed by atoms with E-state index in [0.29, 0.717) is 45.8 Å². The van der Waals surface area contributed by atoms with Crippen molar-refractivity contribution < 1.29 is 14.3 Å². The quantitative estimate of drug-likeness (QED) is 0.374. The number of thioether (sulfide) groups is 1. The molecule has 5 rings (SSSR count). The largest absolute Gasteiger partial charge is 0.493 e. The summed E-state index contributed by atoms with van der Waals surface area (Å²) in [7, 11) is 3.15. The number of ether oxygens (including phenoxy) is 2. The van der Waals surface area contributed by atoms with E-state index in [4.69, 9.17) is 14.5 Å². The van der Waals surface area contributed by atoms with Crippen LogP contribution in [0.5, 0.6) is 11.5 Å². The normalized spacial score (nSPS) is 16.9. The number of ketones is 1. The number of anilines is 1. The number of rotatable bonds is 6. The van der Waals surface area contributed by atoms with Gasteiger partial charge >= 0.3 is 0 Å². The molecule has 1 aliphatic carbocycles. The lowest BCUT2D eigenvalue weighted by molar-refractivity contribution is -0.116. The van der Waals surface area contributed by atoms with Crippen LogP contribution in [0.4, 0.5) is 5.82 Å². The van der Waals surface area contributed by atoms with Gasteiger partial charge in [-0.3, -0.25) is 9.59 Å². The van der Waals surface area contributed by atoms with Crippen molar-refractivity contribution in [3.63, 3.8) is 0 Å². The number of nitrogens with one attached hydrogen (secondary N) is 2. The van der Waals surface area contributed by atoms with E-state index < -0.39 is 5.92 Å². The number of Topliss-reactive ketones (excluding diaryl/α,β-unsaturated/α-hetero) is 1. The predicted octanol–water partition coefficient (Wildman–Crippen LogP) is 4.95. The number of aromatic nitrogens is 2. The van der Waals surface area contributed by atoms with Gasteiger partial charge in [-0.15, -0.1) is 0 Å². The Hall–Kier alpha value is -3.52. The van der Waals surface area contributed by atoms with Crippen LogP contribution in [0.1, 0.15) is 47.4 Å². The summed E-state index contributed by atoms with van der Waals surface area (Å²) >= 11 is 1.48. The van der Waals surface area contributed by atoms with Gasteiger partial charge in [0.2, 0.25) is 0 Å². The highest BCUT2D eigenvalue weighted by Crippen LogP contribution is 2.45. The Bertz CT molecular complexity index is 1380. The Labute approximate surface area is 208 Å². The van der Waals surface area contributed by atoms with Crippen LogP contribution in [0.15, 0.2) is 63.7 Å². The first-order chi connectivity index (χ1) is 17.0. The number of fused-ring (bicyclic) bond motifs is 1. The molecule has 35 heavy (non-hydrogen) atoms. The molecule has 180 valence electrons. The summed E-state index contributed by atoms with van der Waals surface area (Å²) < 4.78 is 10.9. The number of methoxy groups -OCH3 is 2. The Kier molecular flexibility index (Phi) is 6.38. The minimum Gasteiger partial charge on any atom is -0.493 e. The smallest absolute Gasteiger partial charge is 0.257 e. The van der Waals surface area contributed by atoms with Crippen molar-refractivity contribution in [2.24, 2.45) is 0 Å². The van der Waals surface area contributed by atoms with E-state index in [9.17, 15) is 9.59 Å². The fourth-order valence-corrected chi connectivity index (χ4v) is 5.53. The standard InChI is InChI=1S/C27H27N3O4S/c1-15-7-9-16(10-8-15)14-35-27-29-25-24(26(32)30-27)22(23-18(28-25)5-4-6-19(23)31)17-11-12-20(33-2)21(13-17)34-3/h7-13,22H,4-6,14H2,1-3H3,(H2,28,29,30,32)/t22-/m1/s1. The fraction of sp³-hybridized carbons (Fsp3) is 0.296. The number of benzene rings is 2. The van der Waals surface area contributed by atoms with Gasteiger partial charge in [0.05, 0.1) is 19.8 Å². The highest BCUT2D eigenvalue weighted by molar-refractivity contribution is 7.98. The van der Waals surface area contributed by atoms with E-state index in [1.807, 2.05) is 12.1 Å². The van der Waals surface area contributed by atoms with Crippen LogP contribution in [-0.2, 0) is 10.5 Å². The number of H-pyrrole nitrogens is 1. The van der Waals surface area contributed by atoms with Gasteiger partial charge in [-0.05, 0) is 43.0 Å². The van der Waals surface area contributed by atoms with Crippen LogP contribution in [0.2, 0.25) is 0 Å². The molecule has 7 nitrogen and oxygen atoms in total. The maximum absolute atomic E-state index is 13.4. The molecular formula is C27H27N3O4S. The molecule has 1 aliphatic heterocycles. The molecule has 2 aliphatic rings. The molecule has 0 unspecified atom stereocenters. The van der Waals surface area contributed by atoms with E-state index in [0.717, 1.165) is 29.7 Å². The number of carbonyl (C=O) groups is 1. The predicted molar refractivity (Wildman–Crippen MR) is 136 cm³/mol. The van der Waals surface area contributed by atoms with Crippen molar-refractivity contribution in [3.05, 3.63) is 86.3 Å². The summed E-state index contributed by atoms with van der Waals surface area (Å²) in [4.78, 5) is 34.2. The molecule has 2 heterocycles. The van der Waals surface area contributed by atoms with Gasteiger partial charge in [-0.2, -0.15) is 0 Å². The summed E-state index contributed by atoms with van der Waals surface area (Å²) in [6, 6.07) is 13.8. The van der Waals surface area contributed by atoms with Crippen molar-refractivity contribution in [2.45, 2.75) is 43.0 Å². The summed E-state index contributed by atoms with van der Waals surface area (Å²) in [5.74, 6) is 1.86. The van der Waals surface area contributed by atoms with E-state index in [1.54, 1.807) is 20.3 Å². The molecule has 0 saturated heterocycles. The van der Waals surface area contributed by atoms with Crippen molar-refractivity contribution in [1.82, 2.24) is 9.97 Å². The number of aryl methyl sites for hydroxylation is 1. The zero-order chi connectivity index (χ0) is 24.5. The van der Waals surface area contributed by atoms with Crippen LogP contribution < -0.4 is 20.3 Å². The molecule has 0 spiro atoms. The summed E-state index contributed by atoms with van der Waals surface area (Å²) in [6.07, 6.45) is 1.98. The molecular weight excluding hydrogens is 462 g/mol. The monoisotopic (exact) mass is 489 g/mol. The average Bonchev–Trinajstić information content (AvgIpc) is 2.87. The third-order valence-corrected chi connectivity index (χ3v) is 7.42. The molecule has 3 aromatic rings. The molecule has 1 aromatic heterocycles. The molecule has 0 radical (unpaired) electrons. The topological polar surface area (TPSA) is 93.3 Å². The van der Waals surface area contributed by atoms with E-state index in [1.165, 1.54) is 17.3 Å². The Morgan fingerprint density at radius 1 is 1.03 bits per heavy atom. The number of allylic oxidation sites excluding steroid dienone is 2. The van der Waals surface area contributed by atoms with Crippen molar-refractivity contribution in [2.75, 3.05) is 19.5 Å². The lowest BCUT2D eigenvalue weighted by Crippen LogP contribution is -2.32. The van der Waals surface area contributed by atoms with Crippen LogP contribution in [0, 0.1) is 6.92 Å². The summed E-state index contributed by atoms with van der Waals surface area (Å²) in [6.45, 7) is 2.05. The number of nitrogens with zero attached hydrogens (tertiary/aromatic N) is 1. The number of hydrogen-bond donors (Lipinski definition) is 2. The molecule has 0 fully saturated rings. The molecule has 0 amide bonds. The third-order valence-electron chi connectivity index (χ3n) is 6.47. The second kappa shape index (κ2) is 9.62. The number of aromatic amines is 1.